The topological polar surface area (TPSA) is 29.1 Å². The van der Waals surface area contributed by atoms with Gasteiger partial charge in [-0.1, -0.05) is 44.5 Å². The average Bonchev–Trinajstić information content (AvgIpc) is 2.24. The molecule has 3 heteroatoms. The lowest BCUT2D eigenvalue weighted by Crippen LogP contribution is -2.45. The molecule has 2 nitrogen and oxygen atoms in total. The third-order valence-corrected chi connectivity index (χ3v) is 2.98. The van der Waals surface area contributed by atoms with Gasteiger partial charge >= 0.3 is 0 Å². The van der Waals surface area contributed by atoms with Crippen LogP contribution in [0.4, 0.5) is 0 Å². The number of benzene rings is 1. The summed E-state index contributed by atoms with van der Waals surface area (Å²) < 4.78 is 0. The minimum Gasteiger partial charge on any atom is -0.348 e. The van der Waals surface area contributed by atoms with Crippen LogP contribution in [0.2, 0.25) is 5.02 Å². The van der Waals surface area contributed by atoms with Gasteiger partial charge in [-0.3, -0.25) is 4.79 Å². The van der Waals surface area contributed by atoms with E-state index in [9.17, 15) is 4.79 Å². The number of carbonyl (C=O) groups is 1. The lowest BCUT2D eigenvalue weighted by Gasteiger charge is -2.32. The minimum atomic E-state index is -0.223. The Morgan fingerprint density at radius 3 is 2.20 bits per heavy atom. The van der Waals surface area contributed by atoms with Crippen LogP contribution in [0.1, 0.15) is 46.6 Å². The van der Waals surface area contributed by atoms with E-state index in [1.165, 1.54) is 0 Å². The summed E-state index contributed by atoms with van der Waals surface area (Å²) in [6, 6.07) is 7.38. The molecule has 0 bridgehead atoms. The van der Waals surface area contributed by atoms with Crippen LogP contribution in [0, 0.1) is 5.41 Å². The number of nitrogens with one attached hydrogen (secondary N) is 1. The van der Waals surface area contributed by atoms with Gasteiger partial charge in [0.25, 0.3) is 0 Å². The summed E-state index contributed by atoms with van der Waals surface area (Å²) in [5.74, 6) is -0.0748. The van der Waals surface area contributed by atoms with Gasteiger partial charge < -0.3 is 5.32 Å². The Morgan fingerprint density at radius 2 is 1.70 bits per heavy atom. The molecule has 0 saturated heterocycles. The molecule has 20 heavy (non-hydrogen) atoms. The smallest absolute Gasteiger partial charge is 0.244 e. The summed E-state index contributed by atoms with van der Waals surface area (Å²) >= 11 is 5.82. The Morgan fingerprint density at radius 1 is 1.15 bits per heavy atom. The molecule has 0 unspecified atom stereocenters. The van der Waals surface area contributed by atoms with Gasteiger partial charge in [-0.2, -0.15) is 0 Å². The molecule has 1 aromatic carbocycles. The van der Waals surface area contributed by atoms with Crippen molar-refractivity contribution in [2.24, 2.45) is 5.41 Å². The van der Waals surface area contributed by atoms with Crippen molar-refractivity contribution < 1.29 is 4.79 Å². The van der Waals surface area contributed by atoms with Crippen LogP contribution < -0.4 is 5.32 Å². The number of rotatable bonds is 4. The summed E-state index contributed by atoms with van der Waals surface area (Å²) in [6.45, 7) is 10.6. The number of amides is 1. The van der Waals surface area contributed by atoms with Gasteiger partial charge in [0.1, 0.15) is 0 Å². The van der Waals surface area contributed by atoms with E-state index in [-0.39, 0.29) is 16.9 Å². The van der Waals surface area contributed by atoms with Gasteiger partial charge in [-0.25, -0.2) is 0 Å². The minimum absolute atomic E-state index is 0.0748. The fraction of sp³-hybridized carbons (Fsp3) is 0.471. The van der Waals surface area contributed by atoms with Crippen LogP contribution in [0.25, 0.3) is 6.08 Å². The molecule has 0 aliphatic carbocycles. The quantitative estimate of drug-likeness (QED) is 0.802. The maximum atomic E-state index is 12.0. The van der Waals surface area contributed by atoms with Crippen molar-refractivity contribution >= 4 is 23.6 Å². The van der Waals surface area contributed by atoms with Gasteiger partial charge in [-0.05, 0) is 49.5 Å². The molecule has 1 aromatic rings. The molecule has 0 saturated carbocycles. The van der Waals surface area contributed by atoms with Crippen LogP contribution in [0.15, 0.2) is 30.3 Å². The van der Waals surface area contributed by atoms with E-state index in [0.717, 1.165) is 12.0 Å². The highest BCUT2D eigenvalue weighted by atomic mass is 35.5. The second-order valence-corrected chi connectivity index (χ2v) is 7.43. The van der Waals surface area contributed by atoms with Crippen LogP contribution in [-0.2, 0) is 4.79 Å². The third-order valence-electron chi connectivity index (χ3n) is 2.73. The van der Waals surface area contributed by atoms with E-state index in [1.54, 1.807) is 12.2 Å². The van der Waals surface area contributed by atoms with Crippen LogP contribution in [0.3, 0.4) is 0 Å². The van der Waals surface area contributed by atoms with Crippen molar-refractivity contribution in [1.82, 2.24) is 5.32 Å². The first-order valence-electron chi connectivity index (χ1n) is 6.83. The van der Waals surface area contributed by atoms with Gasteiger partial charge in [0, 0.05) is 16.6 Å². The lowest BCUT2D eigenvalue weighted by molar-refractivity contribution is -0.118. The zero-order valence-corrected chi connectivity index (χ0v) is 13.7. The molecule has 1 N–H and O–H groups in total. The summed E-state index contributed by atoms with van der Waals surface area (Å²) in [5.41, 5.74) is 0.911. The Bertz CT molecular complexity index is 481. The van der Waals surface area contributed by atoms with Crippen LogP contribution in [0.5, 0.6) is 0 Å². The third kappa shape index (κ3) is 6.76. The van der Waals surface area contributed by atoms with Crippen molar-refractivity contribution in [1.29, 1.82) is 0 Å². The molecule has 0 aliphatic rings. The van der Waals surface area contributed by atoms with E-state index in [4.69, 9.17) is 11.6 Å². The normalized spacial score (nSPS) is 12.7. The molecule has 0 aliphatic heterocycles. The first-order chi connectivity index (χ1) is 9.07. The molecule has 0 heterocycles. The standard InChI is InChI=1S/C17H24ClNO/c1-16(2,3)12-17(4,5)19-15(20)11-8-13-6-9-14(18)10-7-13/h6-11H,12H2,1-5H3,(H,19,20)/b11-8+. The fourth-order valence-corrected chi connectivity index (χ4v) is 2.62. The van der Waals surface area contributed by atoms with Gasteiger partial charge in [0.2, 0.25) is 5.91 Å². The van der Waals surface area contributed by atoms with Gasteiger partial charge in [0.05, 0.1) is 0 Å². The van der Waals surface area contributed by atoms with Crippen molar-refractivity contribution in [3.63, 3.8) is 0 Å². The Labute approximate surface area is 127 Å². The zero-order valence-electron chi connectivity index (χ0n) is 13.0. The van der Waals surface area contributed by atoms with Crippen molar-refractivity contribution in [2.45, 2.75) is 46.6 Å². The highest BCUT2D eigenvalue weighted by Crippen LogP contribution is 2.26. The summed E-state index contributed by atoms with van der Waals surface area (Å²) in [4.78, 5) is 12.0. The second-order valence-electron chi connectivity index (χ2n) is 7.00. The predicted molar refractivity (Wildman–Crippen MR) is 86.8 cm³/mol. The number of hydrogen-bond donors (Lipinski definition) is 1. The Hall–Kier alpha value is -1.28. The Balaban J connectivity index is 2.61. The summed E-state index contributed by atoms with van der Waals surface area (Å²) in [5, 5.41) is 3.74. The molecule has 0 aromatic heterocycles. The SMILES string of the molecule is CC(C)(C)CC(C)(C)NC(=O)/C=C/c1ccc(Cl)cc1. The first kappa shape index (κ1) is 16.8. The molecule has 110 valence electrons. The fourth-order valence-electron chi connectivity index (χ4n) is 2.49. The van der Waals surface area contributed by atoms with E-state index in [1.807, 2.05) is 38.1 Å². The van der Waals surface area contributed by atoms with E-state index in [2.05, 4.69) is 26.1 Å². The van der Waals surface area contributed by atoms with E-state index in [0.29, 0.717) is 5.02 Å². The average molecular weight is 294 g/mol. The van der Waals surface area contributed by atoms with E-state index < -0.39 is 0 Å². The number of carbonyl (C=O) groups excluding carboxylic acids is 1. The monoisotopic (exact) mass is 293 g/mol. The number of halogens is 1. The maximum Gasteiger partial charge on any atom is 0.244 e. The lowest BCUT2D eigenvalue weighted by atomic mass is 9.82. The van der Waals surface area contributed by atoms with Gasteiger partial charge in [0.15, 0.2) is 0 Å². The molecule has 1 rings (SSSR count). The van der Waals surface area contributed by atoms with Crippen molar-refractivity contribution in [3.05, 3.63) is 40.9 Å². The molecular weight excluding hydrogens is 270 g/mol. The predicted octanol–water partition coefficient (Wildman–Crippen LogP) is 4.68. The summed E-state index contributed by atoms with van der Waals surface area (Å²) in [7, 11) is 0. The molecule has 0 fully saturated rings. The highest BCUT2D eigenvalue weighted by molar-refractivity contribution is 6.30. The summed E-state index contributed by atoms with van der Waals surface area (Å²) in [6.07, 6.45) is 4.27. The molecule has 0 radical (unpaired) electrons. The van der Waals surface area contributed by atoms with Gasteiger partial charge in [-0.15, -0.1) is 0 Å². The first-order valence-corrected chi connectivity index (χ1v) is 7.21. The Kier molecular flexibility index (Phi) is 5.41. The second kappa shape index (κ2) is 6.45. The number of hydrogen-bond acceptors (Lipinski definition) is 1. The molecular formula is C17H24ClNO. The molecule has 1 amide bonds. The highest BCUT2D eigenvalue weighted by Gasteiger charge is 2.26. The van der Waals surface area contributed by atoms with Crippen molar-refractivity contribution in [3.8, 4) is 0 Å². The maximum absolute atomic E-state index is 12.0. The van der Waals surface area contributed by atoms with Crippen LogP contribution >= 0.6 is 11.6 Å². The molecule has 0 spiro atoms. The van der Waals surface area contributed by atoms with Crippen LogP contribution in [-0.4, -0.2) is 11.4 Å². The van der Waals surface area contributed by atoms with E-state index >= 15 is 0 Å². The molecule has 0 atom stereocenters. The largest absolute Gasteiger partial charge is 0.348 e. The zero-order chi connectivity index (χ0) is 15.4. The van der Waals surface area contributed by atoms with Crippen molar-refractivity contribution in [2.75, 3.05) is 0 Å².